The minimum Gasteiger partial charge on any atom is -0.207 e. The van der Waals surface area contributed by atoms with Gasteiger partial charge in [-0.05, 0) is 85.3 Å². The van der Waals surface area contributed by atoms with E-state index in [0.717, 1.165) is 67.2 Å². The van der Waals surface area contributed by atoms with Gasteiger partial charge >= 0.3 is 0 Å². The van der Waals surface area contributed by atoms with E-state index >= 15 is 0 Å². The van der Waals surface area contributed by atoms with Crippen LogP contribution in [0.4, 0.5) is 8.78 Å². The van der Waals surface area contributed by atoms with Crippen molar-refractivity contribution in [1.82, 2.24) is 0 Å². The van der Waals surface area contributed by atoms with E-state index in [2.05, 4.69) is 37.5 Å². The Balaban J connectivity index is 1.64. The molecule has 2 heteroatoms. The fourth-order valence-corrected chi connectivity index (χ4v) is 3.51. The van der Waals surface area contributed by atoms with E-state index in [4.69, 9.17) is 0 Å². The molecule has 0 radical (unpaired) electrons. The Bertz CT molecular complexity index is 1180. The molecule has 0 saturated heterocycles. The van der Waals surface area contributed by atoms with E-state index in [1.165, 1.54) is 12.1 Å². The third-order valence-electron chi connectivity index (χ3n) is 5.54. The van der Waals surface area contributed by atoms with Crippen molar-refractivity contribution in [2.45, 2.75) is 58.8 Å². The van der Waals surface area contributed by atoms with E-state index in [9.17, 15) is 8.78 Å². The lowest BCUT2D eigenvalue weighted by molar-refractivity contribution is 0.598. The molecule has 33 heavy (non-hydrogen) atoms. The Kier molecular flexibility index (Phi) is 9.29. The Morgan fingerprint density at radius 1 is 0.515 bits per heavy atom. The predicted octanol–water partition coefficient (Wildman–Crippen LogP) is 7.84. The summed E-state index contributed by atoms with van der Waals surface area (Å²) in [6.45, 7) is 4.24. The molecule has 0 heterocycles. The summed E-state index contributed by atoms with van der Waals surface area (Å²) in [5.41, 5.74) is 4.50. The van der Waals surface area contributed by atoms with Gasteiger partial charge in [-0.25, -0.2) is 8.78 Å². The third-order valence-corrected chi connectivity index (χ3v) is 5.54. The van der Waals surface area contributed by atoms with E-state index < -0.39 is 0 Å². The van der Waals surface area contributed by atoms with Gasteiger partial charge in [-0.1, -0.05) is 68.9 Å². The van der Waals surface area contributed by atoms with Crippen molar-refractivity contribution in [3.63, 3.8) is 0 Å². The predicted molar refractivity (Wildman–Crippen MR) is 133 cm³/mol. The maximum atomic E-state index is 14.3. The molecular weight excluding hydrogens is 410 g/mol. The summed E-state index contributed by atoms with van der Waals surface area (Å²) in [6, 6.07) is 18.0. The molecule has 0 N–H and O–H groups in total. The van der Waals surface area contributed by atoms with Gasteiger partial charge in [-0.3, -0.25) is 0 Å². The largest absolute Gasteiger partial charge is 0.207 e. The molecule has 168 valence electrons. The molecule has 0 aromatic heterocycles. The lowest BCUT2D eigenvalue weighted by atomic mass is 10.0. The zero-order chi connectivity index (χ0) is 23.5. The quantitative estimate of drug-likeness (QED) is 0.259. The van der Waals surface area contributed by atoms with Crippen LogP contribution >= 0.6 is 0 Å². The Morgan fingerprint density at radius 2 is 0.909 bits per heavy atom. The van der Waals surface area contributed by atoms with E-state index in [-0.39, 0.29) is 11.6 Å². The van der Waals surface area contributed by atoms with Crippen molar-refractivity contribution in [2.24, 2.45) is 0 Å². The maximum absolute atomic E-state index is 14.3. The molecule has 0 saturated carbocycles. The van der Waals surface area contributed by atoms with E-state index in [0.29, 0.717) is 11.1 Å². The van der Waals surface area contributed by atoms with Gasteiger partial charge in [-0.2, -0.15) is 0 Å². The Labute approximate surface area is 197 Å². The zero-order valence-corrected chi connectivity index (χ0v) is 19.5. The van der Waals surface area contributed by atoms with Gasteiger partial charge in [0, 0.05) is 22.3 Å². The van der Waals surface area contributed by atoms with Gasteiger partial charge in [0.05, 0.1) is 0 Å². The van der Waals surface area contributed by atoms with Crippen molar-refractivity contribution in [3.05, 3.63) is 106 Å². The standard InChI is InChI=1S/C31H30F2/c1-3-5-7-9-29-21-19-27(23-31(29)33)17-15-25-12-10-24(11-13-25)14-16-26-18-20-28(8-6-4-2)30(32)22-26/h10-13,18-23H,3-9H2,1-2H3. The average molecular weight is 441 g/mol. The number of aryl methyl sites for hydroxylation is 2. The molecule has 0 nitrogen and oxygen atoms in total. The molecule has 3 aromatic carbocycles. The number of rotatable bonds is 7. The molecule has 0 amide bonds. The fraction of sp³-hybridized carbons (Fsp3) is 0.290. The normalized spacial score (nSPS) is 10.2. The van der Waals surface area contributed by atoms with Crippen LogP contribution in [0.15, 0.2) is 60.7 Å². The summed E-state index contributed by atoms with van der Waals surface area (Å²) in [7, 11) is 0. The first kappa shape index (κ1) is 24.3. The fourth-order valence-electron chi connectivity index (χ4n) is 3.51. The van der Waals surface area contributed by atoms with Gasteiger partial charge in [-0.15, -0.1) is 0 Å². The summed E-state index contributed by atoms with van der Waals surface area (Å²) in [6.07, 6.45) is 6.80. The average Bonchev–Trinajstić information content (AvgIpc) is 2.83. The Morgan fingerprint density at radius 3 is 1.33 bits per heavy atom. The summed E-state index contributed by atoms with van der Waals surface area (Å²) < 4.78 is 28.5. The first-order valence-electron chi connectivity index (χ1n) is 11.8. The van der Waals surface area contributed by atoms with Crippen LogP contribution in [0.1, 0.15) is 79.3 Å². The molecule has 0 fully saturated rings. The highest BCUT2D eigenvalue weighted by atomic mass is 19.1. The van der Waals surface area contributed by atoms with E-state index in [1.807, 2.05) is 48.5 Å². The summed E-state index contributed by atoms with van der Waals surface area (Å²) >= 11 is 0. The number of hydrogen-bond donors (Lipinski definition) is 0. The van der Waals surface area contributed by atoms with Crippen LogP contribution in [0.5, 0.6) is 0 Å². The first-order valence-corrected chi connectivity index (χ1v) is 11.8. The second kappa shape index (κ2) is 12.6. The second-order valence-corrected chi connectivity index (χ2v) is 8.25. The van der Waals surface area contributed by atoms with Crippen molar-refractivity contribution in [3.8, 4) is 23.7 Å². The van der Waals surface area contributed by atoms with Crippen molar-refractivity contribution < 1.29 is 8.78 Å². The second-order valence-electron chi connectivity index (χ2n) is 8.25. The summed E-state index contributed by atoms with van der Waals surface area (Å²) in [4.78, 5) is 0. The molecule has 0 unspecified atom stereocenters. The van der Waals surface area contributed by atoms with E-state index in [1.54, 1.807) is 0 Å². The monoisotopic (exact) mass is 440 g/mol. The number of unbranched alkanes of at least 4 members (excludes halogenated alkanes) is 3. The first-order chi connectivity index (χ1) is 16.1. The SMILES string of the molecule is CCCCCc1ccc(C#Cc2ccc(C#Cc3ccc(CCCC)c(F)c3)cc2)cc1F. The molecule has 0 atom stereocenters. The maximum Gasteiger partial charge on any atom is 0.127 e. The van der Waals surface area contributed by atoms with Crippen LogP contribution in [0, 0.1) is 35.3 Å². The molecule has 0 bridgehead atoms. The summed E-state index contributed by atoms with van der Waals surface area (Å²) in [5.74, 6) is 11.8. The minimum atomic E-state index is -0.189. The van der Waals surface area contributed by atoms with Gasteiger partial charge in [0.2, 0.25) is 0 Å². The van der Waals surface area contributed by atoms with Crippen molar-refractivity contribution >= 4 is 0 Å². The van der Waals surface area contributed by atoms with Crippen LogP contribution in [-0.2, 0) is 12.8 Å². The zero-order valence-electron chi connectivity index (χ0n) is 19.5. The number of halogens is 2. The molecule has 0 aliphatic carbocycles. The van der Waals surface area contributed by atoms with Crippen LogP contribution < -0.4 is 0 Å². The van der Waals surface area contributed by atoms with Crippen LogP contribution in [0.25, 0.3) is 0 Å². The van der Waals surface area contributed by atoms with Crippen molar-refractivity contribution in [2.75, 3.05) is 0 Å². The molecule has 0 aliphatic rings. The minimum absolute atomic E-state index is 0.182. The van der Waals surface area contributed by atoms with Crippen molar-refractivity contribution in [1.29, 1.82) is 0 Å². The van der Waals surface area contributed by atoms with Gasteiger partial charge in [0.25, 0.3) is 0 Å². The number of benzene rings is 3. The summed E-state index contributed by atoms with van der Waals surface area (Å²) in [5, 5.41) is 0. The lowest BCUT2D eigenvalue weighted by Crippen LogP contribution is -1.92. The lowest BCUT2D eigenvalue weighted by Gasteiger charge is -2.03. The molecular formula is C31H30F2. The highest BCUT2D eigenvalue weighted by Crippen LogP contribution is 2.15. The smallest absolute Gasteiger partial charge is 0.127 e. The number of hydrogen-bond acceptors (Lipinski definition) is 0. The highest BCUT2D eigenvalue weighted by Gasteiger charge is 2.03. The molecule has 3 rings (SSSR count). The highest BCUT2D eigenvalue weighted by molar-refractivity contribution is 5.48. The van der Waals surface area contributed by atoms with Crippen LogP contribution in [-0.4, -0.2) is 0 Å². The topological polar surface area (TPSA) is 0 Å². The van der Waals surface area contributed by atoms with Gasteiger partial charge < -0.3 is 0 Å². The van der Waals surface area contributed by atoms with Crippen LogP contribution in [0.2, 0.25) is 0 Å². The van der Waals surface area contributed by atoms with Crippen LogP contribution in [0.3, 0.4) is 0 Å². The van der Waals surface area contributed by atoms with Gasteiger partial charge in [0.1, 0.15) is 11.6 Å². The molecule has 0 spiro atoms. The Hall–Kier alpha value is -3.36. The molecule has 3 aromatic rings. The third kappa shape index (κ3) is 7.62. The molecule has 0 aliphatic heterocycles. The van der Waals surface area contributed by atoms with Gasteiger partial charge in [0.15, 0.2) is 0 Å².